The molecule has 0 radical (unpaired) electrons. The lowest BCUT2D eigenvalue weighted by atomic mass is 10.0. The van der Waals surface area contributed by atoms with E-state index in [1.165, 1.54) is 94.3 Å². The van der Waals surface area contributed by atoms with Gasteiger partial charge in [-0.1, -0.05) is 6.07 Å². The number of hydrogen-bond acceptors (Lipinski definition) is 21. The second-order valence-electron chi connectivity index (χ2n) is 32.5. The molecule has 119 heavy (non-hydrogen) atoms. The monoisotopic (exact) mass is 1620 g/mol. The van der Waals surface area contributed by atoms with Crippen LogP contribution in [-0.4, -0.2) is 228 Å². The zero-order valence-electron chi connectivity index (χ0n) is 68.2. The standard InChI is InChI=1S/C24H27FN4O2.C23H25FN4O3.C22H23FN4O2.C21H23FN4O2/c1-15(2)27-10-17-12-28(13-18(17)11-27)19-5-7-23-26-21(9-24(30)29(23)14-19)16-4-6-22(31-3)20(25)8-16;1-31-21-4-2-15(8-19(21)24)20-9-23(30)28-14-18(3-5-22(28)25-20)27-12-16-10-26(6-7-29)11-17(16)13-27;1-25-8-7-15-11-26(13-19(15)25)16-4-6-21-24-18(10-22(28)27(21)12-16)14-3-5-20(29-2)17(23)9-14;1-24(2)16-8-9-25(13-16)20-11-21(27)26-12-15(5-7-19(26)23-20)14-4-6-18(28-3)17(22)10-14/h4-9,14-15,17-18H,10-13H2,1-3H3;2-5,8-9,14,16-17,29H,6-7,10-13H2,1H3;3-6,9-10,12,15,19H,7-8,11,13H2,1-2H3;4-7,10-12,16H,8-9,13H2,1-3H3/t17-,18+;16-,17+;15-,19+;16-/m..00/s1. The van der Waals surface area contributed by atoms with Gasteiger partial charge >= 0.3 is 0 Å². The number of rotatable bonds is 16. The molecular weight excluding hydrogens is 1530 g/mol. The van der Waals surface area contributed by atoms with Gasteiger partial charge in [0.25, 0.3) is 22.2 Å². The topological polar surface area (TPSA) is 221 Å². The molecule has 7 fully saturated rings. The van der Waals surface area contributed by atoms with E-state index < -0.39 is 23.3 Å². The molecule has 7 aliphatic heterocycles. The molecular formula is C90H98F4N16O9. The number of likely N-dealkylation sites (N-methyl/N-ethyl adjacent to an activating group) is 2. The Morgan fingerprint density at radius 2 is 0.790 bits per heavy atom. The average molecular weight is 1620 g/mol. The highest BCUT2D eigenvalue weighted by atomic mass is 19.1. The van der Waals surface area contributed by atoms with Crippen LogP contribution in [0.1, 0.15) is 26.7 Å². The van der Waals surface area contributed by atoms with Gasteiger partial charge in [-0.05, 0) is 210 Å². The lowest BCUT2D eigenvalue weighted by molar-refractivity contribution is 0.214. The fourth-order valence-electron chi connectivity index (χ4n) is 18.1. The summed E-state index contributed by atoms with van der Waals surface area (Å²) in [6.45, 7) is 18.6. The first kappa shape index (κ1) is 81.0. The van der Waals surface area contributed by atoms with Gasteiger partial charge in [-0.2, -0.15) is 0 Å². The highest BCUT2D eigenvalue weighted by Gasteiger charge is 2.43. The molecule has 8 aromatic heterocycles. The highest BCUT2D eigenvalue weighted by Crippen LogP contribution is 2.39. The third-order valence-electron chi connectivity index (χ3n) is 24.8. The molecule has 0 amide bonds. The van der Waals surface area contributed by atoms with Gasteiger partial charge in [0.1, 0.15) is 28.4 Å². The Labute approximate surface area is 685 Å². The molecule has 7 aliphatic rings. The van der Waals surface area contributed by atoms with Gasteiger partial charge in [0, 0.05) is 169 Å². The van der Waals surface area contributed by atoms with Gasteiger partial charge in [0.2, 0.25) is 0 Å². The molecule has 25 nitrogen and oxygen atoms in total. The van der Waals surface area contributed by atoms with Gasteiger partial charge in [-0.15, -0.1) is 0 Å². The number of aliphatic hydroxyl groups excluding tert-OH is 1. The highest BCUT2D eigenvalue weighted by molar-refractivity contribution is 5.69. The number of nitrogens with zero attached hydrogens (tertiary/aromatic N) is 16. The zero-order valence-corrected chi connectivity index (χ0v) is 68.2. The minimum atomic E-state index is -0.491. The number of fused-ring (bicyclic) bond motifs is 7. The fraction of sp³-hybridized carbons (Fsp3) is 0.378. The van der Waals surface area contributed by atoms with Gasteiger partial charge < -0.3 is 63.3 Å². The number of ether oxygens (including phenoxy) is 4. The fourth-order valence-corrected chi connectivity index (χ4v) is 18.1. The molecule has 7 saturated heterocycles. The molecule has 0 spiro atoms. The van der Waals surface area contributed by atoms with Crippen LogP contribution in [0.25, 0.3) is 67.5 Å². The van der Waals surface area contributed by atoms with Gasteiger partial charge in [-0.25, -0.2) is 37.5 Å². The van der Waals surface area contributed by atoms with Crippen molar-refractivity contribution in [3.63, 3.8) is 0 Å². The van der Waals surface area contributed by atoms with Crippen LogP contribution in [-0.2, 0) is 0 Å². The third kappa shape index (κ3) is 16.9. The van der Waals surface area contributed by atoms with Crippen LogP contribution in [0, 0.1) is 52.9 Å². The summed E-state index contributed by atoms with van der Waals surface area (Å²) in [7, 11) is 12.0. The van der Waals surface area contributed by atoms with Crippen molar-refractivity contribution in [1.29, 1.82) is 0 Å². The van der Waals surface area contributed by atoms with Crippen molar-refractivity contribution in [2.24, 2.45) is 29.6 Å². The lowest BCUT2D eigenvalue weighted by Crippen LogP contribution is -2.33. The minimum Gasteiger partial charge on any atom is -0.494 e. The second kappa shape index (κ2) is 34.3. The van der Waals surface area contributed by atoms with Crippen LogP contribution in [0.15, 0.2) is 190 Å². The van der Waals surface area contributed by atoms with Crippen molar-refractivity contribution in [1.82, 2.24) is 57.1 Å². The number of anilines is 4. The molecule has 0 unspecified atom stereocenters. The Morgan fingerprint density at radius 3 is 1.19 bits per heavy atom. The predicted molar refractivity (Wildman–Crippen MR) is 453 cm³/mol. The van der Waals surface area contributed by atoms with E-state index in [1.807, 2.05) is 61.1 Å². The molecule has 0 saturated carbocycles. The Kier molecular flexibility index (Phi) is 23.3. The lowest BCUT2D eigenvalue weighted by Gasteiger charge is -2.25. The number of aliphatic hydroxyl groups is 1. The first-order chi connectivity index (χ1) is 57.5. The first-order valence-corrected chi connectivity index (χ1v) is 40.4. The predicted octanol–water partition coefficient (Wildman–Crippen LogP) is 10.5. The smallest absolute Gasteiger partial charge is 0.259 e. The average Bonchev–Trinajstić information content (AvgIpc) is 1.74. The summed E-state index contributed by atoms with van der Waals surface area (Å²) in [5, 5.41) is 9.16. The van der Waals surface area contributed by atoms with E-state index in [9.17, 15) is 36.7 Å². The number of aromatic nitrogens is 8. The molecule has 15 heterocycles. The van der Waals surface area contributed by atoms with Gasteiger partial charge in [-0.3, -0.25) is 36.8 Å². The zero-order chi connectivity index (χ0) is 83.2. The Hall–Kier alpha value is -11.8. The van der Waals surface area contributed by atoms with Crippen LogP contribution in [0.4, 0.5) is 40.4 Å². The van der Waals surface area contributed by atoms with Crippen LogP contribution in [0.3, 0.4) is 0 Å². The third-order valence-corrected chi connectivity index (χ3v) is 24.8. The van der Waals surface area contributed by atoms with E-state index in [-0.39, 0.29) is 51.8 Å². The van der Waals surface area contributed by atoms with Gasteiger partial charge in [0.15, 0.2) is 46.3 Å². The number of likely N-dealkylation sites (tertiary alicyclic amines) is 3. The van der Waals surface area contributed by atoms with Crippen LogP contribution in [0.2, 0.25) is 0 Å². The normalized spacial score (nSPS) is 20.3. The molecule has 7 atom stereocenters. The molecule has 4 aromatic carbocycles. The van der Waals surface area contributed by atoms with Crippen LogP contribution >= 0.6 is 0 Å². The Morgan fingerprint density at radius 1 is 0.412 bits per heavy atom. The van der Waals surface area contributed by atoms with Crippen molar-refractivity contribution in [3.8, 4) is 67.9 Å². The number of β-amino-alcohol motifs (C(OH)–C–C–N with tert-alkyl or cyclic N) is 1. The molecule has 620 valence electrons. The maximum absolute atomic E-state index is 14.1. The number of methoxy groups -OCH3 is 4. The molecule has 19 rings (SSSR count). The van der Waals surface area contributed by atoms with Crippen molar-refractivity contribution in [3.05, 3.63) is 235 Å². The molecule has 29 heteroatoms. The van der Waals surface area contributed by atoms with E-state index in [1.54, 1.807) is 74.0 Å². The Bertz CT molecular complexity index is 6020. The summed E-state index contributed by atoms with van der Waals surface area (Å²) < 4.78 is 82.3. The molecule has 0 bridgehead atoms. The summed E-state index contributed by atoms with van der Waals surface area (Å²) in [5.74, 6) is 2.72. The minimum absolute atomic E-state index is 0.149. The van der Waals surface area contributed by atoms with E-state index in [0.717, 1.165) is 114 Å². The van der Waals surface area contributed by atoms with E-state index in [4.69, 9.17) is 24.1 Å². The van der Waals surface area contributed by atoms with Crippen molar-refractivity contribution < 1.29 is 41.6 Å². The maximum Gasteiger partial charge on any atom is 0.259 e. The summed E-state index contributed by atoms with van der Waals surface area (Å²) in [6.07, 6.45) is 9.57. The summed E-state index contributed by atoms with van der Waals surface area (Å²) >= 11 is 0. The number of benzene rings is 4. The van der Waals surface area contributed by atoms with E-state index in [0.29, 0.717) is 115 Å². The van der Waals surface area contributed by atoms with Crippen LogP contribution in [0.5, 0.6) is 23.0 Å². The maximum atomic E-state index is 14.1. The SMILES string of the molecule is COc1ccc(-c2cc(=O)n3cc(N4C[C@@H]5CCN(C)[C@@H]5C4)ccc3n2)cc1F.COc1ccc(-c2cc(=O)n3cc(N4C[C@@H]5CN(C(C)C)C[C@@H]5C4)ccc3n2)cc1F.COc1ccc(-c2cc(=O)n3cc(N4C[C@H]5CN(CCO)C[C@H]5C4)ccc3n2)cc1F.COc1ccc(-c2ccc3nc(N4CC[C@H](N(C)C)C4)cc(=O)n3c2)cc1F. The van der Waals surface area contributed by atoms with Crippen LogP contribution < -0.4 is 60.8 Å². The molecule has 1 N–H and O–H groups in total. The van der Waals surface area contributed by atoms with Crippen molar-refractivity contribution in [2.45, 2.75) is 44.8 Å². The summed E-state index contributed by atoms with van der Waals surface area (Å²) in [6, 6.07) is 41.3. The molecule has 0 aliphatic carbocycles. The number of hydrogen-bond donors (Lipinski definition) is 1. The van der Waals surface area contributed by atoms with Crippen molar-refractivity contribution >= 4 is 45.5 Å². The Balaban J connectivity index is 0.000000118. The summed E-state index contributed by atoms with van der Waals surface area (Å²) in [5.41, 5.74) is 8.92. The summed E-state index contributed by atoms with van der Waals surface area (Å²) in [4.78, 5) is 88.3. The second-order valence-corrected chi connectivity index (χ2v) is 32.5. The quantitative estimate of drug-likeness (QED) is 0.0889. The van der Waals surface area contributed by atoms with E-state index >= 15 is 0 Å². The number of pyridine rings is 4. The largest absolute Gasteiger partial charge is 0.494 e. The number of halogens is 4. The van der Waals surface area contributed by atoms with Gasteiger partial charge in [0.05, 0.1) is 69.2 Å². The molecule has 12 aromatic rings. The van der Waals surface area contributed by atoms with Crippen molar-refractivity contribution in [2.75, 3.05) is 167 Å². The van der Waals surface area contributed by atoms with E-state index in [2.05, 4.69) is 94.1 Å². The first-order valence-electron chi connectivity index (χ1n) is 40.4.